The van der Waals surface area contributed by atoms with Gasteiger partial charge >= 0.3 is 5.97 Å². The second-order valence-electron chi connectivity index (χ2n) is 4.64. The summed E-state index contributed by atoms with van der Waals surface area (Å²) >= 11 is 7.29. The third-order valence-electron chi connectivity index (χ3n) is 2.92. The second kappa shape index (κ2) is 8.70. The molecule has 0 unspecified atom stereocenters. The standard InChI is InChI=1S/C17H14ClFO3S/c18-13-3-7-15(8-4-13)23-10-9-17(21)22-11-16(20)12-1-5-14(19)6-2-12/h1-8H,9-11H2. The molecule has 2 rings (SSSR count). The van der Waals surface area contributed by atoms with Crippen LogP contribution in [0.3, 0.4) is 0 Å². The van der Waals surface area contributed by atoms with Gasteiger partial charge in [-0.1, -0.05) is 11.6 Å². The summed E-state index contributed by atoms with van der Waals surface area (Å²) in [5, 5.41) is 0.660. The largest absolute Gasteiger partial charge is 0.457 e. The molecular formula is C17H14ClFO3S. The van der Waals surface area contributed by atoms with Gasteiger partial charge in [0.15, 0.2) is 12.4 Å². The molecule has 2 aromatic rings. The van der Waals surface area contributed by atoms with E-state index < -0.39 is 11.8 Å². The van der Waals surface area contributed by atoms with Crippen molar-refractivity contribution in [1.29, 1.82) is 0 Å². The molecule has 0 aromatic heterocycles. The number of thioether (sulfide) groups is 1. The number of hydrogen-bond donors (Lipinski definition) is 0. The van der Waals surface area contributed by atoms with E-state index in [0.29, 0.717) is 16.3 Å². The van der Waals surface area contributed by atoms with E-state index in [1.54, 1.807) is 12.1 Å². The van der Waals surface area contributed by atoms with Crippen LogP contribution in [0, 0.1) is 5.82 Å². The maximum absolute atomic E-state index is 12.8. The Morgan fingerprint density at radius 3 is 2.35 bits per heavy atom. The molecule has 0 atom stereocenters. The van der Waals surface area contributed by atoms with Crippen molar-refractivity contribution >= 4 is 35.1 Å². The van der Waals surface area contributed by atoms with Crippen LogP contribution in [-0.4, -0.2) is 24.1 Å². The molecule has 0 saturated carbocycles. The minimum absolute atomic E-state index is 0.198. The van der Waals surface area contributed by atoms with E-state index in [-0.39, 0.29) is 18.8 Å². The minimum Gasteiger partial charge on any atom is -0.457 e. The quantitative estimate of drug-likeness (QED) is 0.421. The molecule has 23 heavy (non-hydrogen) atoms. The first-order valence-electron chi connectivity index (χ1n) is 6.87. The Kier molecular flexibility index (Phi) is 6.62. The van der Waals surface area contributed by atoms with Gasteiger partial charge in [-0.3, -0.25) is 9.59 Å². The second-order valence-corrected chi connectivity index (χ2v) is 6.25. The van der Waals surface area contributed by atoms with Crippen LogP contribution >= 0.6 is 23.4 Å². The maximum Gasteiger partial charge on any atom is 0.307 e. The van der Waals surface area contributed by atoms with E-state index in [2.05, 4.69) is 0 Å². The zero-order valence-electron chi connectivity index (χ0n) is 12.1. The summed E-state index contributed by atoms with van der Waals surface area (Å²) in [4.78, 5) is 24.4. The number of carbonyl (C=O) groups is 2. The van der Waals surface area contributed by atoms with Gasteiger partial charge in [-0.2, -0.15) is 0 Å². The van der Waals surface area contributed by atoms with Crippen molar-refractivity contribution < 1.29 is 18.7 Å². The van der Waals surface area contributed by atoms with Crippen LogP contribution < -0.4 is 0 Å². The Morgan fingerprint density at radius 1 is 1.04 bits per heavy atom. The first-order valence-corrected chi connectivity index (χ1v) is 8.24. The highest BCUT2D eigenvalue weighted by Gasteiger charge is 2.10. The van der Waals surface area contributed by atoms with Crippen LogP contribution in [0.4, 0.5) is 4.39 Å². The molecular weight excluding hydrogens is 339 g/mol. The van der Waals surface area contributed by atoms with E-state index in [9.17, 15) is 14.0 Å². The molecule has 0 saturated heterocycles. The van der Waals surface area contributed by atoms with Gasteiger partial charge in [0.05, 0.1) is 6.42 Å². The number of esters is 1. The Balaban J connectivity index is 1.69. The number of halogens is 2. The van der Waals surface area contributed by atoms with E-state index in [1.165, 1.54) is 36.0 Å². The molecule has 6 heteroatoms. The number of ketones is 1. The van der Waals surface area contributed by atoms with Gasteiger partial charge in [0.2, 0.25) is 0 Å². The highest BCUT2D eigenvalue weighted by molar-refractivity contribution is 7.99. The first-order chi connectivity index (χ1) is 11.0. The van der Waals surface area contributed by atoms with Crippen LogP contribution in [0.1, 0.15) is 16.8 Å². The SMILES string of the molecule is O=C(CCSc1ccc(Cl)cc1)OCC(=O)c1ccc(F)cc1. The monoisotopic (exact) mass is 352 g/mol. The number of hydrogen-bond acceptors (Lipinski definition) is 4. The number of benzene rings is 2. The normalized spacial score (nSPS) is 10.3. The van der Waals surface area contributed by atoms with Gasteiger partial charge in [0.25, 0.3) is 0 Å². The molecule has 0 aliphatic heterocycles. The van der Waals surface area contributed by atoms with E-state index >= 15 is 0 Å². The Labute approximate surface area is 142 Å². The van der Waals surface area contributed by atoms with Gasteiger partial charge in [-0.15, -0.1) is 11.8 Å². The molecule has 0 amide bonds. The third-order valence-corrected chi connectivity index (χ3v) is 4.18. The van der Waals surface area contributed by atoms with Crippen LogP contribution in [0.2, 0.25) is 5.02 Å². The smallest absolute Gasteiger partial charge is 0.307 e. The fraction of sp³-hybridized carbons (Fsp3) is 0.176. The lowest BCUT2D eigenvalue weighted by atomic mass is 10.1. The topological polar surface area (TPSA) is 43.4 Å². The molecule has 120 valence electrons. The van der Waals surface area contributed by atoms with Gasteiger partial charge in [-0.25, -0.2) is 4.39 Å². The summed E-state index contributed by atoms with van der Waals surface area (Å²) in [6, 6.07) is 12.4. The summed E-state index contributed by atoms with van der Waals surface area (Å²) in [5.74, 6) is -0.672. The number of Topliss-reactive ketones (excluding diaryl/α,β-unsaturated/α-hetero) is 1. The number of rotatable bonds is 7. The van der Waals surface area contributed by atoms with Gasteiger partial charge in [0.1, 0.15) is 5.82 Å². The summed E-state index contributed by atoms with van der Waals surface area (Å²) in [5.41, 5.74) is 0.315. The Morgan fingerprint density at radius 2 is 1.70 bits per heavy atom. The van der Waals surface area contributed by atoms with E-state index in [0.717, 1.165) is 4.90 Å². The minimum atomic E-state index is -0.443. The molecule has 2 aromatic carbocycles. The van der Waals surface area contributed by atoms with Crippen LogP contribution in [0.5, 0.6) is 0 Å². The maximum atomic E-state index is 12.8. The fourth-order valence-corrected chi connectivity index (χ4v) is 2.68. The summed E-state index contributed by atoms with van der Waals surface area (Å²) < 4.78 is 17.7. The Bertz CT molecular complexity index is 671. The lowest BCUT2D eigenvalue weighted by Gasteiger charge is -2.05. The van der Waals surface area contributed by atoms with Crippen molar-refractivity contribution in [3.05, 3.63) is 64.9 Å². The molecule has 0 bridgehead atoms. The molecule has 0 fully saturated rings. The molecule has 0 radical (unpaired) electrons. The summed E-state index contributed by atoms with van der Waals surface area (Å²) in [6.45, 7) is -0.337. The van der Waals surface area contributed by atoms with E-state index in [4.69, 9.17) is 16.3 Å². The molecule has 0 aliphatic rings. The van der Waals surface area contributed by atoms with E-state index in [1.807, 2.05) is 12.1 Å². The van der Waals surface area contributed by atoms with Crippen LogP contribution in [-0.2, 0) is 9.53 Å². The van der Waals surface area contributed by atoms with Crippen molar-refractivity contribution in [3.8, 4) is 0 Å². The first kappa shape index (κ1) is 17.5. The lowest BCUT2D eigenvalue weighted by Crippen LogP contribution is -2.14. The Hall–Kier alpha value is -1.85. The molecule has 0 N–H and O–H groups in total. The van der Waals surface area contributed by atoms with Crippen molar-refractivity contribution in [2.24, 2.45) is 0 Å². The molecule has 3 nitrogen and oxygen atoms in total. The van der Waals surface area contributed by atoms with Crippen molar-refractivity contribution in [3.63, 3.8) is 0 Å². The average Bonchev–Trinajstić information content (AvgIpc) is 2.55. The predicted octanol–water partition coefficient (Wildman–Crippen LogP) is 4.39. The van der Waals surface area contributed by atoms with Crippen LogP contribution in [0.15, 0.2) is 53.4 Å². The van der Waals surface area contributed by atoms with Gasteiger partial charge < -0.3 is 4.74 Å². The molecule has 0 aliphatic carbocycles. The predicted molar refractivity (Wildman–Crippen MR) is 88.5 cm³/mol. The van der Waals surface area contributed by atoms with Crippen molar-refractivity contribution in [2.75, 3.05) is 12.4 Å². The summed E-state index contributed by atoms with van der Waals surface area (Å²) in [7, 11) is 0. The lowest BCUT2D eigenvalue weighted by molar-refractivity contribution is -0.141. The van der Waals surface area contributed by atoms with Gasteiger partial charge in [0, 0.05) is 21.2 Å². The third kappa shape index (κ3) is 6.04. The molecule has 0 heterocycles. The zero-order valence-corrected chi connectivity index (χ0v) is 13.7. The highest BCUT2D eigenvalue weighted by Crippen LogP contribution is 2.21. The fourth-order valence-electron chi connectivity index (χ4n) is 1.72. The highest BCUT2D eigenvalue weighted by atomic mass is 35.5. The average molecular weight is 353 g/mol. The summed E-state index contributed by atoms with van der Waals surface area (Å²) in [6.07, 6.45) is 0.198. The molecule has 0 spiro atoms. The van der Waals surface area contributed by atoms with Gasteiger partial charge in [-0.05, 0) is 48.5 Å². The van der Waals surface area contributed by atoms with Crippen molar-refractivity contribution in [2.45, 2.75) is 11.3 Å². The number of ether oxygens (including phenoxy) is 1. The van der Waals surface area contributed by atoms with Crippen molar-refractivity contribution in [1.82, 2.24) is 0 Å². The van der Waals surface area contributed by atoms with Crippen LogP contribution in [0.25, 0.3) is 0 Å². The zero-order chi connectivity index (χ0) is 16.7. The number of carbonyl (C=O) groups excluding carboxylic acids is 2.